The molecule has 0 amide bonds. The summed E-state index contributed by atoms with van der Waals surface area (Å²) in [6.07, 6.45) is 0. The third kappa shape index (κ3) is 2.51. The molecular formula is C12H9BrCl2Si. The third-order valence-corrected chi connectivity index (χ3v) is 7.53. The molecule has 4 heteroatoms. The molecule has 0 unspecified atom stereocenters. The Morgan fingerprint density at radius 3 is 2.06 bits per heavy atom. The fraction of sp³-hybridized carbons (Fsp3) is 0. The molecule has 0 heterocycles. The zero-order valence-electron chi connectivity index (χ0n) is 8.33. The van der Waals surface area contributed by atoms with Crippen molar-refractivity contribution in [2.45, 2.75) is 0 Å². The van der Waals surface area contributed by atoms with E-state index in [1.165, 1.54) is 0 Å². The maximum Gasteiger partial charge on any atom is 0.310 e. The molecule has 2 aromatic rings. The second-order valence-corrected chi connectivity index (χ2v) is 10.7. The summed E-state index contributed by atoms with van der Waals surface area (Å²) in [7, 11) is 0. The normalized spacial score (nSPS) is 11.4. The van der Waals surface area contributed by atoms with Crippen LogP contribution in [0.5, 0.6) is 0 Å². The average Bonchev–Trinajstić information content (AvgIpc) is 2.30. The van der Waals surface area contributed by atoms with Crippen LogP contribution in [0.25, 0.3) is 0 Å². The summed E-state index contributed by atoms with van der Waals surface area (Å²) in [6.45, 7) is -2.57. The van der Waals surface area contributed by atoms with E-state index < -0.39 is 6.69 Å². The van der Waals surface area contributed by atoms with Crippen molar-refractivity contribution < 1.29 is 0 Å². The lowest BCUT2D eigenvalue weighted by atomic mass is 10.4. The van der Waals surface area contributed by atoms with Crippen LogP contribution in [0.15, 0.2) is 59.1 Å². The fourth-order valence-corrected chi connectivity index (χ4v) is 5.16. The van der Waals surface area contributed by atoms with Gasteiger partial charge in [0.05, 0.1) is 0 Å². The second kappa shape index (κ2) is 4.92. The van der Waals surface area contributed by atoms with Crippen LogP contribution in [0.2, 0.25) is 0 Å². The van der Waals surface area contributed by atoms with Gasteiger partial charge in [-0.1, -0.05) is 58.4 Å². The van der Waals surface area contributed by atoms with Gasteiger partial charge in [-0.05, 0) is 22.5 Å². The average molecular weight is 332 g/mol. The van der Waals surface area contributed by atoms with Crippen molar-refractivity contribution in [3.63, 3.8) is 0 Å². The van der Waals surface area contributed by atoms with E-state index in [4.69, 9.17) is 22.2 Å². The highest BCUT2D eigenvalue weighted by Crippen LogP contribution is 2.17. The fourth-order valence-electron chi connectivity index (χ4n) is 1.50. The van der Waals surface area contributed by atoms with Crippen LogP contribution in [0.3, 0.4) is 0 Å². The van der Waals surface area contributed by atoms with E-state index in [9.17, 15) is 0 Å². The molecule has 82 valence electrons. The predicted molar refractivity (Wildman–Crippen MR) is 77.3 cm³/mol. The van der Waals surface area contributed by atoms with Crippen molar-refractivity contribution in [2.75, 3.05) is 0 Å². The summed E-state index contributed by atoms with van der Waals surface area (Å²) >= 11 is 16.5. The molecule has 0 atom stereocenters. The first-order valence-electron chi connectivity index (χ1n) is 4.80. The molecule has 0 aliphatic heterocycles. The molecule has 16 heavy (non-hydrogen) atoms. The molecule has 0 aromatic heterocycles. The highest BCUT2D eigenvalue weighted by atomic mass is 79.9. The van der Waals surface area contributed by atoms with Crippen molar-refractivity contribution in [1.29, 1.82) is 0 Å². The lowest BCUT2D eigenvalue weighted by Crippen LogP contribution is -2.48. The molecule has 0 saturated heterocycles. The van der Waals surface area contributed by atoms with Crippen molar-refractivity contribution in [3.8, 4) is 0 Å². The first kappa shape index (κ1) is 12.2. The predicted octanol–water partition coefficient (Wildman–Crippen LogP) is 3.48. The number of halogens is 3. The number of hydrogen-bond donors (Lipinski definition) is 0. The van der Waals surface area contributed by atoms with Gasteiger partial charge in [-0.2, -0.15) is 0 Å². The standard InChI is InChI=1S/C12H9BrCl2Si/c13-10-5-4-8-12(9-10)16(14,15)11-6-2-1-3-7-11/h1-9H. The number of hydrogen-bond acceptors (Lipinski definition) is 0. The largest absolute Gasteiger partial charge is 0.310 e. The second-order valence-electron chi connectivity index (χ2n) is 3.45. The first-order valence-corrected chi connectivity index (χ1v) is 9.62. The van der Waals surface area contributed by atoms with Gasteiger partial charge in [0.15, 0.2) is 0 Å². The Hall–Kier alpha value is -0.283. The van der Waals surface area contributed by atoms with Gasteiger partial charge in [0.25, 0.3) is 0 Å². The van der Waals surface area contributed by atoms with Gasteiger partial charge in [-0.15, -0.1) is 22.2 Å². The summed E-state index contributed by atoms with van der Waals surface area (Å²) in [5.41, 5.74) is 0. The summed E-state index contributed by atoms with van der Waals surface area (Å²) in [6, 6.07) is 17.7. The minimum absolute atomic E-state index is 0.997. The summed E-state index contributed by atoms with van der Waals surface area (Å²) in [5, 5.41) is 2.01. The Kier molecular flexibility index (Phi) is 3.75. The Bertz CT molecular complexity index is 485. The Morgan fingerprint density at radius 2 is 1.44 bits per heavy atom. The third-order valence-electron chi connectivity index (χ3n) is 2.32. The molecule has 0 radical (unpaired) electrons. The summed E-state index contributed by atoms with van der Waals surface area (Å²) in [4.78, 5) is 0. The van der Waals surface area contributed by atoms with Gasteiger partial charge in [0.1, 0.15) is 0 Å². The van der Waals surface area contributed by atoms with Crippen LogP contribution < -0.4 is 10.4 Å². The first-order chi connectivity index (χ1) is 7.60. The Balaban J connectivity index is 2.47. The van der Waals surface area contributed by atoms with E-state index in [-0.39, 0.29) is 0 Å². The van der Waals surface area contributed by atoms with E-state index >= 15 is 0 Å². The molecule has 0 aliphatic carbocycles. The molecule has 0 fully saturated rings. The van der Waals surface area contributed by atoms with Gasteiger partial charge < -0.3 is 0 Å². The number of rotatable bonds is 2. The molecule has 0 spiro atoms. The molecule has 0 aliphatic rings. The summed E-state index contributed by atoms with van der Waals surface area (Å²) < 4.78 is 0.999. The molecular weight excluding hydrogens is 323 g/mol. The Morgan fingerprint density at radius 1 is 0.812 bits per heavy atom. The van der Waals surface area contributed by atoms with Crippen molar-refractivity contribution >= 4 is 55.2 Å². The smallest absolute Gasteiger partial charge is 0.134 e. The van der Waals surface area contributed by atoms with Crippen LogP contribution in [0.1, 0.15) is 0 Å². The lowest BCUT2D eigenvalue weighted by Gasteiger charge is -2.17. The van der Waals surface area contributed by atoms with Gasteiger partial charge in [-0.3, -0.25) is 0 Å². The van der Waals surface area contributed by atoms with E-state index in [2.05, 4.69) is 15.9 Å². The molecule has 2 aromatic carbocycles. The van der Waals surface area contributed by atoms with Crippen LogP contribution in [0, 0.1) is 0 Å². The van der Waals surface area contributed by atoms with Crippen molar-refractivity contribution in [1.82, 2.24) is 0 Å². The maximum atomic E-state index is 6.54. The van der Waals surface area contributed by atoms with Gasteiger partial charge in [0.2, 0.25) is 0 Å². The van der Waals surface area contributed by atoms with E-state index in [1.54, 1.807) is 0 Å². The minimum atomic E-state index is -2.57. The quantitative estimate of drug-likeness (QED) is 0.583. The molecule has 2 rings (SSSR count). The van der Waals surface area contributed by atoms with Crippen LogP contribution in [-0.4, -0.2) is 6.69 Å². The molecule has 0 saturated carbocycles. The molecule has 0 bridgehead atoms. The van der Waals surface area contributed by atoms with Crippen LogP contribution in [0.4, 0.5) is 0 Å². The van der Waals surface area contributed by atoms with Crippen LogP contribution >= 0.6 is 38.1 Å². The molecule has 0 N–H and O–H groups in total. The Labute approximate surface area is 114 Å². The topological polar surface area (TPSA) is 0 Å². The zero-order valence-corrected chi connectivity index (χ0v) is 12.4. The van der Waals surface area contributed by atoms with Gasteiger partial charge in [-0.25, -0.2) is 0 Å². The van der Waals surface area contributed by atoms with Gasteiger partial charge in [0, 0.05) is 4.47 Å². The lowest BCUT2D eigenvalue weighted by molar-refractivity contribution is 1.69. The SMILES string of the molecule is Cl[Si](Cl)(c1ccccc1)c1cccc(Br)c1. The van der Waals surface area contributed by atoms with Crippen LogP contribution in [-0.2, 0) is 0 Å². The van der Waals surface area contributed by atoms with E-state index in [0.29, 0.717) is 0 Å². The maximum absolute atomic E-state index is 6.54. The summed E-state index contributed by atoms with van der Waals surface area (Å²) in [5.74, 6) is 0. The zero-order chi connectivity index (χ0) is 11.6. The van der Waals surface area contributed by atoms with Crippen molar-refractivity contribution in [2.24, 2.45) is 0 Å². The highest BCUT2D eigenvalue weighted by Gasteiger charge is 2.33. The minimum Gasteiger partial charge on any atom is -0.134 e. The van der Waals surface area contributed by atoms with E-state index in [1.807, 2.05) is 54.6 Å². The number of benzene rings is 2. The molecule has 0 nitrogen and oxygen atoms in total. The monoisotopic (exact) mass is 330 g/mol. The van der Waals surface area contributed by atoms with Crippen molar-refractivity contribution in [3.05, 3.63) is 59.1 Å². The van der Waals surface area contributed by atoms with Gasteiger partial charge >= 0.3 is 6.69 Å². The highest BCUT2D eigenvalue weighted by molar-refractivity contribution is 9.10. The van der Waals surface area contributed by atoms with E-state index in [0.717, 1.165) is 14.8 Å².